The number of alkyl halides is 2. The summed E-state index contributed by atoms with van der Waals surface area (Å²) in [5, 5.41) is 17.4. The fourth-order valence-corrected chi connectivity index (χ4v) is 3.00. The molecule has 1 unspecified atom stereocenters. The van der Waals surface area contributed by atoms with Gasteiger partial charge in [0.15, 0.2) is 17.7 Å². The molecule has 0 saturated heterocycles. The molecule has 0 spiro atoms. The van der Waals surface area contributed by atoms with Crippen molar-refractivity contribution in [1.29, 1.82) is 0 Å². The summed E-state index contributed by atoms with van der Waals surface area (Å²) in [6, 6.07) is 8.02. The number of hydrogen-bond acceptors (Lipinski definition) is 5. The van der Waals surface area contributed by atoms with E-state index < -0.39 is 12.7 Å². The monoisotopic (exact) mass is 372 g/mol. The minimum Gasteiger partial charge on any atom is -0.369 e. The fourth-order valence-electron chi connectivity index (χ4n) is 3.00. The van der Waals surface area contributed by atoms with Crippen LogP contribution in [-0.4, -0.2) is 25.5 Å². The molecule has 2 N–H and O–H groups in total. The van der Waals surface area contributed by atoms with E-state index in [0.29, 0.717) is 22.5 Å². The predicted molar refractivity (Wildman–Crippen MR) is 94.9 cm³/mol. The number of hydrogen-bond donors (Lipinski definition) is 2. The zero-order valence-electron chi connectivity index (χ0n) is 14.6. The van der Waals surface area contributed by atoms with Gasteiger partial charge < -0.3 is 10.4 Å². The number of benzene rings is 1. The van der Waals surface area contributed by atoms with E-state index in [9.17, 15) is 18.7 Å². The number of nitrogens with one attached hydrogen (secondary N) is 1. The highest BCUT2D eigenvalue weighted by Crippen LogP contribution is 2.40. The summed E-state index contributed by atoms with van der Waals surface area (Å²) >= 11 is 0. The number of aliphatic hydroxyl groups excluding tert-OH is 1. The van der Waals surface area contributed by atoms with E-state index in [1.807, 2.05) is 0 Å². The SMILES string of the molecule is CC(=O)c1ccc(NC(O)c2cnn3c(C(F)F)cc(C4CC4)nc23)cc1. The lowest BCUT2D eigenvalue weighted by Gasteiger charge is -2.14. The standard InChI is InChI=1S/C19H18F2N4O2/c1-10(26)11-4-6-13(7-5-11)23-19(27)14-9-22-25-16(17(20)21)8-15(12-2-3-12)24-18(14)25/h4-9,12,17,19,23,27H,2-3H2,1H3. The Morgan fingerprint density at radius 1 is 1.30 bits per heavy atom. The van der Waals surface area contributed by atoms with Gasteiger partial charge in [-0.3, -0.25) is 4.79 Å². The Labute approximate surface area is 153 Å². The van der Waals surface area contributed by atoms with Crippen molar-refractivity contribution >= 4 is 17.1 Å². The Bertz CT molecular complexity index is 997. The summed E-state index contributed by atoms with van der Waals surface area (Å²) in [7, 11) is 0. The van der Waals surface area contributed by atoms with Crippen LogP contribution in [-0.2, 0) is 0 Å². The minimum absolute atomic E-state index is 0.0546. The van der Waals surface area contributed by atoms with Crippen molar-refractivity contribution in [2.45, 2.75) is 38.3 Å². The maximum atomic E-state index is 13.4. The zero-order chi connectivity index (χ0) is 19.1. The van der Waals surface area contributed by atoms with Crippen molar-refractivity contribution in [2.24, 2.45) is 0 Å². The average Bonchev–Trinajstić information content (AvgIpc) is 3.40. The Morgan fingerprint density at radius 3 is 2.59 bits per heavy atom. The molecule has 0 amide bonds. The number of aliphatic hydroxyl groups is 1. The highest BCUT2D eigenvalue weighted by Gasteiger charge is 2.29. The quantitative estimate of drug-likeness (QED) is 0.508. The Hall–Kier alpha value is -2.87. The van der Waals surface area contributed by atoms with E-state index in [0.717, 1.165) is 17.4 Å². The van der Waals surface area contributed by atoms with Crippen LogP contribution in [0, 0.1) is 0 Å². The summed E-state index contributed by atoms with van der Waals surface area (Å²) in [5.74, 6) is 0.139. The largest absolute Gasteiger partial charge is 0.369 e. The molecule has 4 rings (SSSR count). The summed E-state index contributed by atoms with van der Waals surface area (Å²) in [6.07, 6.45) is -0.674. The minimum atomic E-state index is -2.69. The number of nitrogens with zero attached hydrogens (tertiary/aromatic N) is 3. The topological polar surface area (TPSA) is 79.5 Å². The number of carbonyl (C=O) groups is 1. The second-order valence-corrected chi connectivity index (χ2v) is 6.70. The summed E-state index contributed by atoms with van der Waals surface area (Å²) in [6.45, 7) is 1.47. The van der Waals surface area contributed by atoms with E-state index in [1.165, 1.54) is 19.2 Å². The van der Waals surface area contributed by atoms with Gasteiger partial charge in [-0.25, -0.2) is 18.3 Å². The number of halogens is 2. The van der Waals surface area contributed by atoms with Crippen molar-refractivity contribution in [3.05, 3.63) is 59.0 Å². The Kier molecular flexibility index (Phi) is 4.35. The number of carbonyl (C=O) groups excluding carboxylic acids is 1. The third-order valence-corrected chi connectivity index (χ3v) is 4.66. The molecule has 6 nitrogen and oxygen atoms in total. The predicted octanol–water partition coefficient (Wildman–Crippen LogP) is 3.85. The molecule has 1 aliphatic carbocycles. The van der Waals surface area contributed by atoms with Gasteiger partial charge in [0.1, 0.15) is 5.69 Å². The molecule has 0 aliphatic heterocycles. The van der Waals surface area contributed by atoms with Crippen LogP contribution in [0.25, 0.3) is 5.65 Å². The second-order valence-electron chi connectivity index (χ2n) is 6.70. The molecule has 1 aromatic carbocycles. The third kappa shape index (κ3) is 3.40. The highest BCUT2D eigenvalue weighted by molar-refractivity contribution is 5.94. The van der Waals surface area contributed by atoms with Crippen LogP contribution in [0.5, 0.6) is 0 Å². The van der Waals surface area contributed by atoms with Crippen molar-refractivity contribution in [1.82, 2.24) is 14.6 Å². The average molecular weight is 372 g/mol. The van der Waals surface area contributed by atoms with Crippen molar-refractivity contribution in [3.63, 3.8) is 0 Å². The lowest BCUT2D eigenvalue weighted by atomic mass is 10.1. The van der Waals surface area contributed by atoms with E-state index in [2.05, 4.69) is 15.4 Å². The van der Waals surface area contributed by atoms with Crippen LogP contribution in [0.4, 0.5) is 14.5 Å². The molecule has 2 aromatic heterocycles. The molecule has 8 heteroatoms. The molecule has 27 heavy (non-hydrogen) atoms. The van der Waals surface area contributed by atoms with E-state index in [4.69, 9.17) is 0 Å². The van der Waals surface area contributed by atoms with Gasteiger partial charge in [0, 0.05) is 22.9 Å². The van der Waals surface area contributed by atoms with E-state index in [-0.39, 0.29) is 23.0 Å². The maximum Gasteiger partial charge on any atom is 0.280 e. The van der Waals surface area contributed by atoms with Crippen LogP contribution in [0.3, 0.4) is 0 Å². The van der Waals surface area contributed by atoms with Crippen molar-refractivity contribution in [2.75, 3.05) is 5.32 Å². The third-order valence-electron chi connectivity index (χ3n) is 4.66. The normalized spacial score (nSPS) is 15.3. The zero-order valence-corrected chi connectivity index (χ0v) is 14.6. The van der Waals surface area contributed by atoms with Gasteiger partial charge in [-0.05, 0) is 50.1 Å². The van der Waals surface area contributed by atoms with Gasteiger partial charge in [0.2, 0.25) is 0 Å². The van der Waals surface area contributed by atoms with Gasteiger partial charge in [0.05, 0.1) is 11.8 Å². The van der Waals surface area contributed by atoms with Gasteiger partial charge in [-0.1, -0.05) is 0 Å². The Morgan fingerprint density at radius 2 is 2.00 bits per heavy atom. The van der Waals surface area contributed by atoms with Crippen LogP contribution < -0.4 is 5.32 Å². The summed E-state index contributed by atoms with van der Waals surface area (Å²) in [5.41, 5.74) is 2.05. The molecule has 3 aromatic rings. The number of fused-ring (bicyclic) bond motifs is 1. The van der Waals surface area contributed by atoms with Crippen molar-refractivity contribution < 1.29 is 18.7 Å². The molecule has 2 heterocycles. The van der Waals surface area contributed by atoms with Crippen LogP contribution >= 0.6 is 0 Å². The summed E-state index contributed by atoms with van der Waals surface area (Å²) < 4.78 is 27.9. The van der Waals surface area contributed by atoms with Gasteiger partial charge in [-0.15, -0.1) is 0 Å². The number of ketones is 1. The molecule has 0 bridgehead atoms. The lowest BCUT2D eigenvalue weighted by molar-refractivity contribution is 0.101. The smallest absolute Gasteiger partial charge is 0.280 e. The van der Waals surface area contributed by atoms with Gasteiger partial charge in [0.25, 0.3) is 6.43 Å². The first kappa shape index (κ1) is 17.5. The number of aromatic nitrogens is 3. The molecule has 1 saturated carbocycles. The highest BCUT2D eigenvalue weighted by atomic mass is 19.3. The van der Waals surface area contributed by atoms with E-state index in [1.54, 1.807) is 24.3 Å². The van der Waals surface area contributed by atoms with Crippen LogP contribution in [0.2, 0.25) is 0 Å². The summed E-state index contributed by atoms with van der Waals surface area (Å²) in [4.78, 5) is 15.8. The van der Waals surface area contributed by atoms with Gasteiger partial charge in [-0.2, -0.15) is 5.10 Å². The van der Waals surface area contributed by atoms with Crippen LogP contribution in [0.1, 0.15) is 65.6 Å². The van der Waals surface area contributed by atoms with Crippen molar-refractivity contribution in [3.8, 4) is 0 Å². The Balaban J connectivity index is 1.67. The first-order valence-electron chi connectivity index (χ1n) is 8.66. The molecular weight excluding hydrogens is 354 g/mol. The number of Topliss-reactive ketones (excluding diaryl/α,β-unsaturated/α-hetero) is 1. The fraction of sp³-hybridized carbons (Fsp3) is 0.316. The molecule has 0 radical (unpaired) electrons. The number of anilines is 1. The first-order chi connectivity index (χ1) is 12.9. The molecular formula is C19H18F2N4O2. The van der Waals surface area contributed by atoms with Gasteiger partial charge >= 0.3 is 0 Å². The molecule has 1 atom stereocenters. The molecule has 140 valence electrons. The lowest BCUT2D eigenvalue weighted by Crippen LogP contribution is -2.11. The molecule has 1 fully saturated rings. The number of rotatable bonds is 6. The van der Waals surface area contributed by atoms with E-state index >= 15 is 0 Å². The molecule has 1 aliphatic rings. The second kappa shape index (κ2) is 6.70. The van der Waals surface area contributed by atoms with Crippen LogP contribution in [0.15, 0.2) is 36.5 Å². The maximum absolute atomic E-state index is 13.4. The first-order valence-corrected chi connectivity index (χ1v) is 8.66.